The highest BCUT2D eigenvalue weighted by atomic mass is 32.1. The molecule has 2 aliphatic heterocycles. The predicted molar refractivity (Wildman–Crippen MR) is 98.3 cm³/mol. The minimum Gasteiger partial charge on any atom is -0.339 e. The number of hydrogen-bond acceptors (Lipinski definition) is 3. The van der Waals surface area contributed by atoms with Gasteiger partial charge in [-0.3, -0.25) is 9.69 Å². The van der Waals surface area contributed by atoms with Gasteiger partial charge in [0, 0.05) is 43.5 Å². The van der Waals surface area contributed by atoms with E-state index in [1.807, 2.05) is 22.3 Å². The lowest BCUT2D eigenvalue weighted by atomic mass is 10.0. The molecule has 0 saturated carbocycles. The summed E-state index contributed by atoms with van der Waals surface area (Å²) < 4.78 is 13.6. The van der Waals surface area contributed by atoms with Crippen molar-refractivity contribution in [2.24, 2.45) is 0 Å². The van der Waals surface area contributed by atoms with Gasteiger partial charge < -0.3 is 4.90 Å². The van der Waals surface area contributed by atoms with Crippen LogP contribution >= 0.6 is 11.3 Å². The van der Waals surface area contributed by atoms with Gasteiger partial charge in [0.2, 0.25) is 5.91 Å². The summed E-state index contributed by atoms with van der Waals surface area (Å²) >= 11 is 1.86. The lowest BCUT2D eigenvalue weighted by Gasteiger charge is -2.46. The van der Waals surface area contributed by atoms with Gasteiger partial charge in [0.25, 0.3) is 0 Å². The number of carbonyl (C=O) groups excluding carboxylic acids is 1. The predicted octanol–water partition coefficient (Wildman–Crippen LogP) is 3.40. The van der Waals surface area contributed by atoms with Crippen LogP contribution in [0.25, 0.3) is 0 Å². The maximum atomic E-state index is 13.6. The third-order valence-electron chi connectivity index (χ3n) is 5.43. The number of nitrogens with zero attached hydrogens (tertiary/aromatic N) is 2. The minimum atomic E-state index is -0.188. The van der Waals surface area contributed by atoms with Crippen LogP contribution < -0.4 is 0 Å². The molecule has 0 aliphatic carbocycles. The Labute approximate surface area is 152 Å². The van der Waals surface area contributed by atoms with Crippen LogP contribution in [0.15, 0.2) is 29.6 Å². The molecule has 132 valence electrons. The van der Waals surface area contributed by atoms with Crippen LogP contribution in [0.3, 0.4) is 0 Å². The summed E-state index contributed by atoms with van der Waals surface area (Å²) in [4.78, 5) is 18.3. The molecule has 2 aromatic rings. The Morgan fingerprint density at radius 2 is 2.16 bits per heavy atom. The van der Waals surface area contributed by atoms with Crippen molar-refractivity contribution in [3.8, 4) is 0 Å². The Bertz CT molecular complexity index is 782. The van der Waals surface area contributed by atoms with Gasteiger partial charge in [-0.2, -0.15) is 0 Å². The van der Waals surface area contributed by atoms with Crippen LogP contribution in [-0.4, -0.2) is 41.4 Å². The molecule has 0 radical (unpaired) electrons. The summed E-state index contributed by atoms with van der Waals surface area (Å²) in [6, 6.07) is 7.97. The zero-order valence-electron chi connectivity index (χ0n) is 14.5. The molecule has 3 nitrogen and oxygen atoms in total. The highest BCUT2D eigenvalue weighted by molar-refractivity contribution is 7.10. The van der Waals surface area contributed by atoms with E-state index in [9.17, 15) is 9.18 Å². The first kappa shape index (κ1) is 16.7. The van der Waals surface area contributed by atoms with Gasteiger partial charge in [0.15, 0.2) is 0 Å². The molecule has 4 rings (SSSR count). The molecule has 25 heavy (non-hydrogen) atoms. The molecule has 0 spiro atoms. The van der Waals surface area contributed by atoms with Gasteiger partial charge >= 0.3 is 0 Å². The van der Waals surface area contributed by atoms with Crippen LogP contribution in [0.4, 0.5) is 4.39 Å². The number of amides is 1. The van der Waals surface area contributed by atoms with Crippen molar-refractivity contribution in [2.75, 3.05) is 19.6 Å². The van der Waals surface area contributed by atoms with Crippen LogP contribution in [0.1, 0.15) is 28.0 Å². The largest absolute Gasteiger partial charge is 0.339 e. The molecule has 3 heterocycles. The summed E-state index contributed by atoms with van der Waals surface area (Å²) in [7, 11) is 0. The Morgan fingerprint density at radius 1 is 1.32 bits per heavy atom. The second kappa shape index (κ2) is 6.89. The maximum absolute atomic E-state index is 13.6. The summed E-state index contributed by atoms with van der Waals surface area (Å²) in [6.07, 6.45) is 2.21. The van der Waals surface area contributed by atoms with E-state index in [0.29, 0.717) is 24.4 Å². The Hall–Kier alpha value is -1.72. The summed E-state index contributed by atoms with van der Waals surface area (Å²) in [5.74, 6) is -0.00248. The first-order valence-corrected chi connectivity index (χ1v) is 9.80. The number of thiophene rings is 1. The van der Waals surface area contributed by atoms with Crippen molar-refractivity contribution < 1.29 is 9.18 Å². The molecule has 1 fully saturated rings. The molecule has 2 aliphatic rings. The smallest absolute Gasteiger partial charge is 0.223 e. The molecule has 0 N–H and O–H groups in total. The molecule has 1 aromatic heterocycles. The number of hydrogen-bond donors (Lipinski definition) is 0. The third-order valence-corrected chi connectivity index (χ3v) is 6.46. The van der Waals surface area contributed by atoms with Gasteiger partial charge in [0.1, 0.15) is 5.82 Å². The lowest BCUT2D eigenvalue weighted by molar-refractivity contribution is -0.138. The van der Waals surface area contributed by atoms with E-state index < -0.39 is 0 Å². The quantitative estimate of drug-likeness (QED) is 0.836. The number of benzene rings is 1. The highest BCUT2D eigenvalue weighted by Gasteiger charge is 2.35. The maximum Gasteiger partial charge on any atom is 0.223 e. The van der Waals surface area contributed by atoms with E-state index in [1.165, 1.54) is 10.4 Å². The molecule has 1 saturated heterocycles. The minimum absolute atomic E-state index is 0.186. The number of halogens is 1. The Kier molecular flexibility index (Phi) is 4.61. The number of likely N-dealkylation sites (tertiary alicyclic amines) is 1. The fraction of sp³-hybridized carbons (Fsp3) is 0.450. The lowest BCUT2D eigenvalue weighted by Crippen LogP contribution is -2.61. The average Bonchev–Trinajstić information content (AvgIpc) is 3.02. The highest BCUT2D eigenvalue weighted by Crippen LogP contribution is 2.28. The SMILES string of the molecule is Cc1ccc(CCC(=O)N2CC(N3CCc4sccc4C3)C2)cc1F. The third kappa shape index (κ3) is 3.48. The van der Waals surface area contributed by atoms with Gasteiger partial charge in [-0.25, -0.2) is 4.39 Å². The Morgan fingerprint density at radius 3 is 2.96 bits per heavy atom. The van der Waals surface area contributed by atoms with Gasteiger partial charge in [-0.15, -0.1) is 11.3 Å². The first-order valence-electron chi connectivity index (χ1n) is 8.92. The number of rotatable bonds is 4. The van der Waals surface area contributed by atoms with E-state index in [4.69, 9.17) is 0 Å². The molecule has 0 atom stereocenters. The molecule has 1 amide bonds. The van der Waals surface area contributed by atoms with Crippen LogP contribution in [0, 0.1) is 12.7 Å². The summed E-state index contributed by atoms with van der Waals surface area (Å²) in [6.45, 7) is 5.54. The number of fused-ring (bicyclic) bond motifs is 1. The van der Waals surface area contributed by atoms with Crippen molar-refractivity contribution in [3.63, 3.8) is 0 Å². The average molecular weight is 358 g/mol. The monoisotopic (exact) mass is 358 g/mol. The number of carbonyl (C=O) groups is 1. The fourth-order valence-corrected chi connectivity index (χ4v) is 4.56. The van der Waals surface area contributed by atoms with Gasteiger partial charge in [0.05, 0.1) is 0 Å². The van der Waals surface area contributed by atoms with Gasteiger partial charge in [-0.05, 0) is 54.0 Å². The topological polar surface area (TPSA) is 23.6 Å². The van der Waals surface area contributed by atoms with E-state index in [0.717, 1.165) is 38.2 Å². The zero-order chi connectivity index (χ0) is 17.4. The fourth-order valence-electron chi connectivity index (χ4n) is 3.67. The van der Waals surface area contributed by atoms with E-state index in [1.54, 1.807) is 19.1 Å². The second-order valence-electron chi connectivity index (χ2n) is 7.13. The van der Waals surface area contributed by atoms with E-state index in [2.05, 4.69) is 16.3 Å². The van der Waals surface area contributed by atoms with Crippen molar-refractivity contribution >= 4 is 17.2 Å². The molecule has 0 bridgehead atoms. The van der Waals surface area contributed by atoms with E-state index in [-0.39, 0.29) is 11.7 Å². The van der Waals surface area contributed by atoms with E-state index >= 15 is 0 Å². The van der Waals surface area contributed by atoms with Crippen LogP contribution in [0.2, 0.25) is 0 Å². The van der Waals surface area contributed by atoms with Crippen molar-refractivity contribution in [3.05, 3.63) is 57.0 Å². The molecule has 1 aromatic carbocycles. The van der Waals surface area contributed by atoms with Crippen molar-refractivity contribution in [2.45, 2.75) is 38.8 Å². The van der Waals surface area contributed by atoms with Gasteiger partial charge in [-0.1, -0.05) is 12.1 Å². The van der Waals surface area contributed by atoms with Crippen LogP contribution in [-0.2, 0) is 24.2 Å². The van der Waals surface area contributed by atoms with Crippen molar-refractivity contribution in [1.29, 1.82) is 0 Å². The molecular formula is C20H23FN2OS. The summed E-state index contributed by atoms with van der Waals surface area (Å²) in [5, 5.41) is 2.18. The summed E-state index contributed by atoms with van der Waals surface area (Å²) in [5.41, 5.74) is 3.01. The zero-order valence-corrected chi connectivity index (χ0v) is 15.3. The van der Waals surface area contributed by atoms with Crippen molar-refractivity contribution in [1.82, 2.24) is 9.80 Å². The Balaban J connectivity index is 1.25. The molecule has 0 unspecified atom stereocenters. The second-order valence-corrected chi connectivity index (χ2v) is 8.13. The number of aryl methyl sites for hydroxylation is 2. The standard InChI is InChI=1S/C20H23FN2OS/c1-14-2-3-15(10-18(14)21)4-5-20(24)23-12-17(13-23)22-8-6-19-16(11-22)7-9-25-19/h2-3,7,9-10,17H,4-6,8,11-13H2,1H3. The molecular weight excluding hydrogens is 335 g/mol. The normalized spacial score (nSPS) is 18.1. The van der Waals surface area contributed by atoms with Crippen LogP contribution in [0.5, 0.6) is 0 Å². The molecule has 5 heteroatoms. The first-order chi connectivity index (χ1) is 12.1.